The summed E-state index contributed by atoms with van der Waals surface area (Å²) in [5.74, 6) is -0.430. The molecule has 3 rings (SSSR count). The molecule has 8 nitrogen and oxygen atoms in total. The van der Waals surface area contributed by atoms with Crippen molar-refractivity contribution < 1.29 is 28.5 Å². The van der Waals surface area contributed by atoms with Gasteiger partial charge >= 0.3 is 11.9 Å². The predicted octanol–water partition coefficient (Wildman–Crippen LogP) is 2.79. The van der Waals surface area contributed by atoms with E-state index >= 15 is 0 Å². The zero-order valence-corrected chi connectivity index (χ0v) is 16.0. The van der Waals surface area contributed by atoms with Crippen molar-refractivity contribution in [3.63, 3.8) is 0 Å². The second-order valence-electron chi connectivity index (χ2n) is 5.92. The highest BCUT2D eigenvalue weighted by atomic mass is 16.6. The molecule has 0 unspecified atom stereocenters. The maximum atomic E-state index is 12.4. The van der Waals surface area contributed by atoms with Crippen LogP contribution < -0.4 is 9.47 Å². The third-order valence-electron chi connectivity index (χ3n) is 4.05. The molecular weight excluding hydrogens is 376 g/mol. The maximum absolute atomic E-state index is 12.4. The molecule has 1 aromatic heterocycles. The minimum atomic E-state index is -0.543. The Hall–Kier alpha value is -3.81. The van der Waals surface area contributed by atoms with Gasteiger partial charge in [0.2, 0.25) is 0 Å². The van der Waals surface area contributed by atoms with Crippen molar-refractivity contribution >= 4 is 11.9 Å². The van der Waals surface area contributed by atoms with E-state index in [9.17, 15) is 9.59 Å². The number of methoxy groups -OCH3 is 2. The summed E-state index contributed by atoms with van der Waals surface area (Å²) in [4.78, 5) is 23.7. The summed E-state index contributed by atoms with van der Waals surface area (Å²) in [6.45, 7) is -0.184. The molecule has 0 aliphatic rings. The Labute approximate surface area is 167 Å². The molecule has 0 aliphatic carbocycles. The van der Waals surface area contributed by atoms with E-state index in [1.165, 1.54) is 20.3 Å². The Morgan fingerprint density at radius 3 is 2.48 bits per heavy atom. The summed E-state index contributed by atoms with van der Waals surface area (Å²) in [6.07, 6.45) is 3.55. The smallest absolute Gasteiger partial charge is 0.343 e. The highest BCUT2D eigenvalue weighted by molar-refractivity contribution is 5.90. The Kier molecular flexibility index (Phi) is 6.47. The third-order valence-corrected chi connectivity index (χ3v) is 4.05. The molecule has 1 heterocycles. The summed E-state index contributed by atoms with van der Waals surface area (Å²) < 4.78 is 22.2. The summed E-state index contributed by atoms with van der Waals surface area (Å²) in [5, 5.41) is 4.16. The number of esters is 2. The largest absolute Gasteiger partial charge is 0.493 e. The molecule has 0 bridgehead atoms. The van der Waals surface area contributed by atoms with Gasteiger partial charge < -0.3 is 18.9 Å². The van der Waals surface area contributed by atoms with Crippen LogP contribution in [0.2, 0.25) is 0 Å². The number of benzene rings is 2. The molecule has 29 heavy (non-hydrogen) atoms. The van der Waals surface area contributed by atoms with Crippen molar-refractivity contribution in [2.24, 2.45) is 0 Å². The van der Waals surface area contributed by atoms with Gasteiger partial charge in [0.15, 0.2) is 18.1 Å². The first kappa shape index (κ1) is 19.9. The average Bonchev–Trinajstić information content (AvgIpc) is 3.30. The molecule has 0 saturated heterocycles. The van der Waals surface area contributed by atoms with Crippen LogP contribution in [0.5, 0.6) is 11.5 Å². The lowest BCUT2D eigenvalue weighted by Gasteiger charge is -2.12. The molecule has 0 amide bonds. The third kappa shape index (κ3) is 5.13. The fourth-order valence-electron chi connectivity index (χ4n) is 2.51. The van der Waals surface area contributed by atoms with Gasteiger partial charge in [0.25, 0.3) is 0 Å². The lowest BCUT2D eigenvalue weighted by Crippen LogP contribution is -2.13. The Balaban J connectivity index is 1.63. The van der Waals surface area contributed by atoms with Gasteiger partial charge in [-0.3, -0.25) is 0 Å². The zero-order valence-electron chi connectivity index (χ0n) is 16.0. The van der Waals surface area contributed by atoms with Gasteiger partial charge in [0, 0.05) is 12.4 Å². The van der Waals surface area contributed by atoms with E-state index in [1.807, 2.05) is 36.5 Å². The van der Waals surface area contributed by atoms with Gasteiger partial charge in [-0.05, 0) is 42.0 Å². The second kappa shape index (κ2) is 9.41. The van der Waals surface area contributed by atoms with Crippen LogP contribution in [0.1, 0.15) is 15.9 Å². The quantitative estimate of drug-likeness (QED) is 0.541. The zero-order chi connectivity index (χ0) is 20.6. The van der Waals surface area contributed by atoms with Crippen LogP contribution in [-0.2, 0) is 20.9 Å². The van der Waals surface area contributed by atoms with Crippen molar-refractivity contribution in [3.8, 4) is 17.2 Å². The molecular formula is C21H20N2O6. The first-order chi connectivity index (χ1) is 14.1. The molecule has 0 spiro atoms. The van der Waals surface area contributed by atoms with E-state index in [-0.39, 0.29) is 24.5 Å². The van der Waals surface area contributed by atoms with Gasteiger partial charge in [0.05, 0.1) is 25.5 Å². The molecule has 150 valence electrons. The highest BCUT2D eigenvalue weighted by Gasteiger charge is 2.14. The van der Waals surface area contributed by atoms with Crippen LogP contribution in [-0.4, -0.2) is 42.5 Å². The maximum Gasteiger partial charge on any atom is 0.343 e. The molecule has 0 N–H and O–H groups in total. The number of carbonyl (C=O) groups excluding carboxylic acids is 2. The Morgan fingerprint density at radius 1 is 1.03 bits per heavy atom. The normalized spacial score (nSPS) is 10.3. The standard InChI is InChI=1S/C21H20N2O6/c1-26-18-9-6-16(12-19(18)28-14-20(24)27-2)21(25)29-13-15-4-7-17(8-5-15)23-11-3-10-22-23/h3-12H,13-14H2,1-2H3. The number of carbonyl (C=O) groups is 2. The summed E-state index contributed by atoms with van der Waals surface area (Å²) in [5.41, 5.74) is 2.02. The van der Waals surface area contributed by atoms with E-state index in [4.69, 9.17) is 14.2 Å². The SMILES string of the molecule is COC(=O)COc1cc(C(=O)OCc2ccc(-n3cccn3)cc2)ccc1OC. The summed E-state index contributed by atoms with van der Waals surface area (Å²) in [7, 11) is 2.73. The van der Waals surface area contributed by atoms with Crippen LogP contribution >= 0.6 is 0 Å². The average molecular weight is 396 g/mol. The van der Waals surface area contributed by atoms with Gasteiger partial charge in [-0.2, -0.15) is 5.10 Å². The first-order valence-corrected chi connectivity index (χ1v) is 8.74. The van der Waals surface area contributed by atoms with Crippen molar-refractivity contribution in [1.82, 2.24) is 9.78 Å². The number of hydrogen-bond acceptors (Lipinski definition) is 7. The number of nitrogens with zero attached hydrogens (tertiary/aromatic N) is 2. The van der Waals surface area contributed by atoms with Crippen LogP contribution in [0.3, 0.4) is 0 Å². The molecule has 2 aromatic carbocycles. The minimum absolute atomic E-state index is 0.114. The van der Waals surface area contributed by atoms with E-state index in [0.29, 0.717) is 5.75 Å². The lowest BCUT2D eigenvalue weighted by atomic mass is 10.2. The van der Waals surface area contributed by atoms with Crippen LogP contribution in [0.25, 0.3) is 5.69 Å². The molecule has 0 saturated carbocycles. The number of rotatable bonds is 8. The molecule has 8 heteroatoms. The molecule has 0 radical (unpaired) electrons. The fraction of sp³-hybridized carbons (Fsp3) is 0.190. The Bertz CT molecular complexity index is 967. The summed E-state index contributed by atoms with van der Waals surface area (Å²) >= 11 is 0. The number of hydrogen-bond donors (Lipinski definition) is 0. The van der Waals surface area contributed by atoms with E-state index in [2.05, 4.69) is 9.84 Å². The topological polar surface area (TPSA) is 88.9 Å². The second-order valence-corrected chi connectivity index (χ2v) is 5.92. The van der Waals surface area contributed by atoms with Gasteiger partial charge in [-0.25, -0.2) is 14.3 Å². The van der Waals surface area contributed by atoms with E-state index in [0.717, 1.165) is 11.3 Å². The minimum Gasteiger partial charge on any atom is -0.493 e. The van der Waals surface area contributed by atoms with Crippen molar-refractivity contribution in [1.29, 1.82) is 0 Å². The monoisotopic (exact) mass is 396 g/mol. The van der Waals surface area contributed by atoms with Crippen molar-refractivity contribution in [2.75, 3.05) is 20.8 Å². The first-order valence-electron chi connectivity index (χ1n) is 8.74. The molecule has 0 atom stereocenters. The highest BCUT2D eigenvalue weighted by Crippen LogP contribution is 2.28. The van der Waals surface area contributed by atoms with E-state index in [1.54, 1.807) is 23.0 Å². The van der Waals surface area contributed by atoms with E-state index < -0.39 is 11.9 Å². The molecule has 3 aromatic rings. The Morgan fingerprint density at radius 2 is 1.83 bits per heavy atom. The number of aromatic nitrogens is 2. The summed E-state index contributed by atoms with van der Waals surface area (Å²) in [6, 6.07) is 13.9. The fourth-order valence-corrected chi connectivity index (χ4v) is 2.51. The van der Waals surface area contributed by atoms with Crippen LogP contribution in [0, 0.1) is 0 Å². The van der Waals surface area contributed by atoms with Gasteiger partial charge in [0.1, 0.15) is 6.61 Å². The molecule has 0 fully saturated rings. The van der Waals surface area contributed by atoms with Crippen LogP contribution in [0.15, 0.2) is 60.9 Å². The lowest BCUT2D eigenvalue weighted by molar-refractivity contribution is -0.142. The molecule has 0 aliphatic heterocycles. The van der Waals surface area contributed by atoms with Gasteiger partial charge in [-0.15, -0.1) is 0 Å². The predicted molar refractivity (Wildman–Crippen MR) is 103 cm³/mol. The van der Waals surface area contributed by atoms with Crippen molar-refractivity contribution in [3.05, 3.63) is 72.1 Å². The van der Waals surface area contributed by atoms with Crippen molar-refractivity contribution in [2.45, 2.75) is 6.61 Å². The van der Waals surface area contributed by atoms with Crippen LogP contribution in [0.4, 0.5) is 0 Å². The van der Waals surface area contributed by atoms with Gasteiger partial charge in [-0.1, -0.05) is 12.1 Å². The number of ether oxygens (including phenoxy) is 4.